The number of anilines is 1. The number of aromatic nitrogens is 2. The van der Waals surface area contributed by atoms with Gasteiger partial charge in [0.15, 0.2) is 0 Å². The molecule has 1 amide bonds. The van der Waals surface area contributed by atoms with Crippen LogP contribution in [-0.4, -0.2) is 15.3 Å². The van der Waals surface area contributed by atoms with Crippen molar-refractivity contribution < 1.29 is 9.53 Å². The zero-order chi connectivity index (χ0) is 19.3. The van der Waals surface area contributed by atoms with Crippen molar-refractivity contribution in [2.75, 3.05) is 5.32 Å². The SMILES string of the molecule is O=C(Cc1ccc(Cl)cc1)Nc1cccc(OCc2cn3ccccc3n2)c1. The molecule has 6 heteroatoms. The van der Waals surface area contributed by atoms with Crippen molar-refractivity contribution >= 4 is 28.8 Å². The number of carbonyl (C=O) groups is 1. The molecule has 0 spiro atoms. The molecule has 0 bridgehead atoms. The molecule has 0 aliphatic heterocycles. The quantitative estimate of drug-likeness (QED) is 0.516. The van der Waals surface area contributed by atoms with E-state index in [1.165, 1.54) is 0 Å². The van der Waals surface area contributed by atoms with Gasteiger partial charge in [0.25, 0.3) is 0 Å². The van der Waals surface area contributed by atoms with Crippen LogP contribution in [0.2, 0.25) is 5.02 Å². The molecular weight excluding hydrogens is 374 g/mol. The normalized spacial score (nSPS) is 10.8. The van der Waals surface area contributed by atoms with E-state index < -0.39 is 0 Å². The maximum Gasteiger partial charge on any atom is 0.228 e. The summed E-state index contributed by atoms with van der Waals surface area (Å²) in [6.45, 7) is 0.351. The molecule has 4 rings (SSSR count). The topological polar surface area (TPSA) is 55.6 Å². The van der Waals surface area contributed by atoms with Crippen LogP contribution in [0.3, 0.4) is 0 Å². The van der Waals surface area contributed by atoms with Crippen molar-refractivity contribution in [3.05, 3.63) is 95.4 Å². The Morgan fingerprint density at radius 2 is 1.93 bits per heavy atom. The van der Waals surface area contributed by atoms with E-state index in [1.807, 2.05) is 65.3 Å². The number of hydrogen-bond donors (Lipinski definition) is 1. The Balaban J connectivity index is 1.36. The van der Waals surface area contributed by atoms with E-state index >= 15 is 0 Å². The van der Waals surface area contributed by atoms with Crippen LogP contribution in [-0.2, 0) is 17.8 Å². The molecule has 0 aliphatic rings. The molecular formula is C22H18ClN3O2. The van der Waals surface area contributed by atoms with Gasteiger partial charge in [-0.3, -0.25) is 4.79 Å². The molecule has 0 saturated carbocycles. The zero-order valence-electron chi connectivity index (χ0n) is 15.0. The molecule has 0 fully saturated rings. The predicted molar refractivity (Wildman–Crippen MR) is 110 cm³/mol. The summed E-state index contributed by atoms with van der Waals surface area (Å²) in [7, 11) is 0. The van der Waals surface area contributed by atoms with Crippen LogP contribution in [0.5, 0.6) is 5.75 Å². The number of benzene rings is 2. The number of rotatable bonds is 6. The van der Waals surface area contributed by atoms with Gasteiger partial charge in [-0.15, -0.1) is 0 Å². The minimum Gasteiger partial charge on any atom is -0.487 e. The minimum atomic E-state index is -0.0974. The van der Waals surface area contributed by atoms with E-state index in [0.29, 0.717) is 23.1 Å². The van der Waals surface area contributed by atoms with Crippen LogP contribution in [0.15, 0.2) is 79.1 Å². The largest absolute Gasteiger partial charge is 0.487 e. The smallest absolute Gasteiger partial charge is 0.228 e. The van der Waals surface area contributed by atoms with Gasteiger partial charge in [0, 0.05) is 29.2 Å². The second-order valence-electron chi connectivity index (χ2n) is 6.37. The van der Waals surface area contributed by atoms with E-state index in [1.54, 1.807) is 18.2 Å². The fraction of sp³-hybridized carbons (Fsp3) is 0.0909. The van der Waals surface area contributed by atoms with Gasteiger partial charge in [-0.2, -0.15) is 0 Å². The fourth-order valence-electron chi connectivity index (χ4n) is 2.87. The summed E-state index contributed by atoms with van der Waals surface area (Å²) in [6, 6.07) is 20.4. The van der Waals surface area contributed by atoms with Crippen LogP contribution in [0.1, 0.15) is 11.3 Å². The summed E-state index contributed by atoms with van der Waals surface area (Å²) in [5.74, 6) is 0.571. The Hall–Kier alpha value is -3.31. The Morgan fingerprint density at radius 3 is 2.75 bits per heavy atom. The number of carbonyl (C=O) groups excluding carboxylic acids is 1. The Labute approximate surface area is 167 Å². The maximum absolute atomic E-state index is 12.3. The van der Waals surface area contributed by atoms with Gasteiger partial charge in [-0.05, 0) is 42.0 Å². The molecule has 0 radical (unpaired) electrons. The van der Waals surface area contributed by atoms with Gasteiger partial charge < -0.3 is 14.5 Å². The lowest BCUT2D eigenvalue weighted by Crippen LogP contribution is -2.14. The van der Waals surface area contributed by atoms with Crippen molar-refractivity contribution in [2.45, 2.75) is 13.0 Å². The highest BCUT2D eigenvalue weighted by Crippen LogP contribution is 2.19. The van der Waals surface area contributed by atoms with Gasteiger partial charge in [0.1, 0.15) is 18.0 Å². The number of nitrogens with zero attached hydrogens (tertiary/aromatic N) is 2. The van der Waals surface area contributed by atoms with Crippen LogP contribution in [0.4, 0.5) is 5.69 Å². The number of imidazole rings is 1. The van der Waals surface area contributed by atoms with Crippen LogP contribution in [0, 0.1) is 0 Å². The maximum atomic E-state index is 12.3. The standard InChI is InChI=1S/C22H18ClN3O2/c23-17-9-7-16(8-10-17)12-22(27)25-18-4-3-5-20(13-18)28-15-19-14-26-11-2-1-6-21(26)24-19/h1-11,13-14H,12,15H2,(H,25,27). The zero-order valence-corrected chi connectivity index (χ0v) is 15.8. The number of halogens is 1. The molecule has 2 aromatic heterocycles. The van der Waals surface area contributed by atoms with Crippen molar-refractivity contribution in [1.29, 1.82) is 0 Å². The Morgan fingerprint density at radius 1 is 1.07 bits per heavy atom. The fourth-order valence-corrected chi connectivity index (χ4v) is 3.00. The first-order valence-corrected chi connectivity index (χ1v) is 9.23. The Kier molecular flexibility index (Phi) is 5.26. The molecule has 4 aromatic rings. The number of nitrogens with one attached hydrogen (secondary N) is 1. The summed E-state index contributed by atoms with van der Waals surface area (Å²) in [5, 5.41) is 3.55. The highest BCUT2D eigenvalue weighted by molar-refractivity contribution is 6.30. The van der Waals surface area contributed by atoms with Crippen LogP contribution < -0.4 is 10.1 Å². The third-order valence-corrected chi connectivity index (χ3v) is 4.45. The van der Waals surface area contributed by atoms with Crippen molar-refractivity contribution in [3.63, 3.8) is 0 Å². The average Bonchev–Trinajstić information content (AvgIpc) is 3.11. The van der Waals surface area contributed by atoms with Crippen molar-refractivity contribution in [1.82, 2.24) is 9.38 Å². The molecule has 140 valence electrons. The monoisotopic (exact) mass is 391 g/mol. The van der Waals surface area contributed by atoms with Crippen LogP contribution >= 0.6 is 11.6 Å². The highest BCUT2D eigenvalue weighted by atomic mass is 35.5. The van der Waals surface area contributed by atoms with E-state index in [4.69, 9.17) is 16.3 Å². The summed E-state index contributed by atoms with van der Waals surface area (Å²) in [4.78, 5) is 16.8. The first kappa shape index (κ1) is 18.1. The average molecular weight is 392 g/mol. The van der Waals surface area contributed by atoms with Crippen LogP contribution in [0.25, 0.3) is 5.65 Å². The van der Waals surface area contributed by atoms with Crippen molar-refractivity contribution in [3.8, 4) is 5.75 Å². The van der Waals surface area contributed by atoms with Gasteiger partial charge >= 0.3 is 0 Å². The molecule has 2 heterocycles. The first-order valence-electron chi connectivity index (χ1n) is 8.85. The van der Waals surface area contributed by atoms with E-state index in [-0.39, 0.29) is 12.3 Å². The molecule has 0 aliphatic carbocycles. The molecule has 0 saturated heterocycles. The lowest BCUT2D eigenvalue weighted by Gasteiger charge is -2.09. The highest BCUT2D eigenvalue weighted by Gasteiger charge is 2.06. The summed E-state index contributed by atoms with van der Waals surface area (Å²) >= 11 is 5.87. The second-order valence-corrected chi connectivity index (χ2v) is 6.80. The second kappa shape index (κ2) is 8.15. The minimum absolute atomic E-state index is 0.0974. The molecule has 1 N–H and O–H groups in total. The van der Waals surface area contributed by atoms with Gasteiger partial charge in [0.2, 0.25) is 5.91 Å². The number of pyridine rings is 1. The molecule has 0 atom stereocenters. The Bertz CT molecular complexity index is 1070. The third kappa shape index (κ3) is 4.50. The summed E-state index contributed by atoms with van der Waals surface area (Å²) in [5.41, 5.74) is 3.31. The summed E-state index contributed by atoms with van der Waals surface area (Å²) in [6.07, 6.45) is 4.17. The molecule has 28 heavy (non-hydrogen) atoms. The van der Waals surface area contributed by atoms with E-state index in [2.05, 4.69) is 10.3 Å². The predicted octanol–water partition coefficient (Wildman–Crippen LogP) is 4.75. The number of amides is 1. The first-order chi connectivity index (χ1) is 13.7. The lowest BCUT2D eigenvalue weighted by atomic mass is 10.1. The molecule has 2 aromatic carbocycles. The van der Waals surface area contributed by atoms with Gasteiger partial charge in [-0.1, -0.05) is 35.9 Å². The number of fused-ring (bicyclic) bond motifs is 1. The summed E-state index contributed by atoms with van der Waals surface area (Å²) < 4.78 is 7.78. The number of ether oxygens (including phenoxy) is 1. The molecule has 5 nitrogen and oxygen atoms in total. The van der Waals surface area contributed by atoms with Gasteiger partial charge in [0.05, 0.1) is 12.1 Å². The van der Waals surface area contributed by atoms with Gasteiger partial charge in [-0.25, -0.2) is 4.98 Å². The third-order valence-electron chi connectivity index (χ3n) is 4.20. The number of hydrogen-bond acceptors (Lipinski definition) is 3. The lowest BCUT2D eigenvalue weighted by molar-refractivity contribution is -0.115. The van der Waals surface area contributed by atoms with E-state index in [9.17, 15) is 4.79 Å². The van der Waals surface area contributed by atoms with Crippen molar-refractivity contribution in [2.24, 2.45) is 0 Å². The molecule has 0 unspecified atom stereocenters. The van der Waals surface area contributed by atoms with E-state index in [0.717, 1.165) is 16.9 Å².